The highest BCUT2D eigenvalue weighted by molar-refractivity contribution is 5.70. The van der Waals surface area contributed by atoms with Gasteiger partial charge in [0.25, 0.3) is 0 Å². The average molecular weight is 279 g/mol. The zero-order chi connectivity index (χ0) is 14.8. The van der Waals surface area contributed by atoms with E-state index in [0.29, 0.717) is 17.4 Å². The standard InChI is InChI=1S/C16H17N5/c1-11(2)12-5-7-14(8-6-12)21-16(17)15(19-20-21)13-4-3-9-18-10-13/h3-11H,17H2,1-2H3. The molecule has 2 aromatic heterocycles. The molecule has 1 aromatic carbocycles. The van der Waals surface area contributed by atoms with Crippen molar-refractivity contribution in [2.75, 3.05) is 5.73 Å². The fourth-order valence-electron chi connectivity index (χ4n) is 2.19. The van der Waals surface area contributed by atoms with Crippen LogP contribution in [0.3, 0.4) is 0 Å². The van der Waals surface area contributed by atoms with Crippen LogP contribution in [0.25, 0.3) is 16.9 Å². The monoisotopic (exact) mass is 279 g/mol. The summed E-state index contributed by atoms with van der Waals surface area (Å²) in [6.07, 6.45) is 3.45. The Bertz CT molecular complexity index is 729. The highest BCUT2D eigenvalue weighted by Crippen LogP contribution is 2.25. The molecule has 0 amide bonds. The van der Waals surface area contributed by atoms with Gasteiger partial charge in [-0.05, 0) is 35.7 Å². The van der Waals surface area contributed by atoms with Crippen molar-refractivity contribution in [3.63, 3.8) is 0 Å². The molecule has 0 radical (unpaired) electrons. The SMILES string of the molecule is CC(C)c1ccc(-n2nnc(-c3cccnc3)c2N)cc1. The lowest BCUT2D eigenvalue weighted by molar-refractivity contribution is 0.807. The molecule has 3 aromatic rings. The Hall–Kier alpha value is -2.69. The molecule has 0 bridgehead atoms. The van der Waals surface area contributed by atoms with Crippen LogP contribution in [0.4, 0.5) is 5.82 Å². The summed E-state index contributed by atoms with van der Waals surface area (Å²) in [6.45, 7) is 4.33. The largest absolute Gasteiger partial charge is 0.382 e. The Morgan fingerprint density at radius 1 is 1.10 bits per heavy atom. The van der Waals surface area contributed by atoms with Crippen LogP contribution < -0.4 is 5.73 Å². The van der Waals surface area contributed by atoms with Gasteiger partial charge in [0.1, 0.15) is 5.69 Å². The van der Waals surface area contributed by atoms with Crippen LogP contribution >= 0.6 is 0 Å². The Balaban J connectivity index is 1.99. The quantitative estimate of drug-likeness (QED) is 0.800. The van der Waals surface area contributed by atoms with Gasteiger partial charge in [0.15, 0.2) is 5.82 Å². The molecule has 106 valence electrons. The van der Waals surface area contributed by atoms with Crippen LogP contribution in [0.15, 0.2) is 48.8 Å². The molecule has 3 rings (SSSR count). The van der Waals surface area contributed by atoms with E-state index in [1.54, 1.807) is 17.1 Å². The number of anilines is 1. The molecule has 0 fully saturated rings. The van der Waals surface area contributed by atoms with Gasteiger partial charge in [0, 0.05) is 18.0 Å². The van der Waals surface area contributed by atoms with Crippen LogP contribution in [0.5, 0.6) is 0 Å². The van der Waals surface area contributed by atoms with Gasteiger partial charge in [-0.15, -0.1) is 5.10 Å². The Morgan fingerprint density at radius 3 is 2.48 bits per heavy atom. The molecular formula is C16H17N5. The number of aromatic nitrogens is 4. The minimum absolute atomic E-state index is 0.498. The van der Waals surface area contributed by atoms with Crippen molar-refractivity contribution >= 4 is 5.82 Å². The lowest BCUT2D eigenvalue weighted by Gasteiger charge is -2.07. The zero-order valence-corrected chi connectivity index (χ0v) is 12.1. The minimum atomic E-state index is 0.498. The first-order valence-electron chi connectivity index (χ1n) is 6.88. The maximum Gasteiger partial charge on any atom is 0.155 e. The van der Waals surface area contributed by atoms with Crippen LogP contribution in [0.2, 0.25) is 0 Å². The van der Waals surface area contributed by atoms with E-state index >= 15 is 0 Å². The summed E-state index contributed by atoms with van der Waals surface area (Å²) < 4.78 is 1.65. The normalized spacial score (nSPS) is 11.0. The molecule has 0 aliphatic rings. The summed E-state index contributed by atoms with van der Waals surface area (Å²) in [5.74, 6) is 1.01. The number of pyridine rings is 1. The molecule has 2 N–H and O–H groups in total. The van der Waals surface area contributed by atoms with E-state index in [9.17, 15) is 0 Å². The maximum atomic E-state index is 6.18. The number of hydrogen-bond donors (Lipinski definition) is 1. The van der Waals surface area contributed by atoms with E-state index in [-0.39, 0.29) is 0 Å². The minimum Gasteiger partial charge on any atom is -0.382 e. The summed E-state index contributed by atoms with van der Waals surface area (Å²) in [5, 5.41) is 8.32. The number of nitrogens with two attached hydrogens (primary N) is 1. The zero-order valence-electron chi connectivity index (χ0n) is 12.1. The molecule has 0 spiro atoms. The van der Waals surface area contributed by atoms with Crippen molar-refractivity contribution in [2.45, 2.75) is 19.8 Å². The fraction of sp³-hybridized carbons (Fsp3) is 0.188. The van der Waals surface area contributed by atoms with Crippen molar-refractivity contribution in [1.29, 1.82) is 0 Å². The molecule has 21 heavy (non-hydrogen) atoms. The topological polar surface area (TPSA) is 69.6 Å². The number of rotatable bonds is 3. The van der Waals surface area contributed by atoms with Crippen molar-refractivity contribution in [2.24, 2.45) is 0 Å². The Morgan fingerprint density at radius 2 is 1.86 bits per heavy atom. The summed E-state index contributed by atoms with van der Waals surface area (Å²) >= 11 is 0. The average Bonchev–Trinajstić information content (AvgIpc) is 2.90. The van der Waals surface area contributed by atoms with Gasteiger partial charge >= 0.3 is 0 Å². The molecular weight excluding hydrogens is 262 g/mol. The molecule has 0 saturated heterocycles. The van der Waals surface area contributed by atoms with Gasteiger partial charge in [-0.2, -0.15) is 4.68 Å². The molecule has 5 nitrogen and oxygen atoms in total. The lowest BCUT2D eigenvalue weighted by atomic mass is 10.0. The van der Waals surface area contributed by atoms with Crippen molar-refractivity contribution in [3.05, 3.63) is 54.4 Å². The molecule has 0 unspecified atom stereocenters. The first kappa shape index (κ1) is 13.3. The number of hydrogen-bond acceptors (Lipinski definition) is 4. The number of benzene rings is 1. The van der Waals surface area contributed by atoms with E-state index in [2.05, 4.69) is 41.3 Å². The molecule has 5 heteroatoms. The summed E-state index contributed by atoms with van der Waals surface area (Å²) in [7, 11) is 0. The third-order valence-corrected chi connectivity index (χ3v) is 3.44. The summed E-state index contributed by atoms with van der Waals surface area (Å²) in [4.78, 5) is 4.08. The first-order valence-corrected chi connectivity index (χ1v) is 6.88. The summed E-state index contributed by atoms with van der Waals surface area (Å²) in [5.41, 5.74) is 9.87. The van der Waals surface area contributed by atoms with Crippen molar-refractivity contribution in [3.8, 4) is 16.9 Å². The second-order valence-corrected chi connectivity index (χ2v) is 5.22. The Labute approximate surface area is 123 Å². The van der Waals surface area contributed by atoms with Gasteiger partial charge < -0.3 is 5.73 Å². The van der Waals surface area contributed by atoms with Gasteiger partial charge in [-0.3, -0.25) is 4.98 Å². The number of nitrogen functional groups attached to an aromatic ring is 1. The van der Waals surface area contributed by atoms with Crippen molar-refractivity contribution < 1.29 is 0 Å². The van der Waals surface area contributed by atoms with Crippen LogP contribution in [0, 0.1) is 0 Å². The molecule has 0 aliphatic carbocycles. The van der Waals surface area contributed by atoms with Gasteiger partial charge in [0.2, 0.25) is 0 Å². The van der Waals surface area contributed by atoms with Crippen molar-refractivity contribution in [1.82, 2.24) is 20.0 Å². The van der Waals surface area contributed by atoms with Crippen LogP contribution in [-0.2, 0) is 0 Å². The summed E-state index contributed by atoms with van der Waals surface area (Å²) in [6, 6.07) is 12.0. The smallest absolute Gasteiger partial charge is 0.155 e. The van der Waals surface area contributed by atoms with E-state index in [1.165, 1.54) is 5.56 Å². The Kier molecular flexibility index (Phi) is 3.39. The third kappa shape index (κ3) is 2.50. The van der Waals surface area contributed by atoms with Gasteiger partial charge in [-0.1, -0.05) is 31.2 Å². The van der Waals surface area contributed by atoms with E-state index in [0.717, 1.165) is 11.3 Å². The predicted molar refractivity (Wildman–Crippen MR) is 83.1 cm³/mol. The van der Waals surface area contributed by atoms with E-state index in [4.69, 9.17) is 5.73 Å². The second-order valence-electron chi connectivity index (χ2n) is 5.22. The molecule has 0 atom stereocenters. The molecule has 2 heterocycles. The van der Waals surface area contributed by atoms with Gasteiger partial charge in [0.05, 0.1) is 5.69 Å². The lowest BCUT2D eigenvalue weighted by Crippen LogP contribution is -2.02. The molecule has 0 aliphatic heterocycles. The first-order chi connectivity index (χ1) is 10.2. The van der Waals surface area contributed by atoms with Crippen LogP contribution in [0.1, 0.15) is 25.3 Å². The number of nitrogens with zero attached hydrogens (tertiary/aromatic N) is 4. The molecule has 0 saturated carbocycles. The predicted octanol–water partition coefficient (Wildman–Crippen LogP) is 3.03. The highest BCUT2D eigenvalue weighted by Gasteiger charge is 2.13. The fourth-order valence-corrected chi connectivity index (χ4v) is 2.19. The van der Waals surface area contributed by atoms with Gasteiger partial charge in [-0.25, -0.2) is 0 Å². The maximum absolute atomic E-state index is 6.18. The van der Waals surface area contributed by atoms with Crippen LogP contribution in [-0.4, -0.2) is 20.0 Å². The van der Waals surface area contributed by atoms with E-state index in [1.807, 2.05) is 24.3 Å². The second kappa shape index (κ2) is 5.36. The third-order valence-electron chi connectivity index (χ3n) is 3.44. The van der Waals surface area contributed by atoms with E-state index < -0.39 is 0 Å². The highest BCUT2D eigenvalue weighted by atomic mass is 15.5.